The minimum Gasteiger partial charge on any atom is -0.383 e. The minimum absolute atomic E-state index is 0.235. The molecule has 0 spiro atoms. The first-order chi connectivity index (χ1) is 12.3. The molecule has 1 aliphatic rings. The quantitative estimate of drug-likeness (QED) is 0.556. The van der Waals surface area contributed by atoms with E-state index >= 15 is 0 Å². The second kappa shape index (κ2) is 5.21. The number of aliphatic imine (C=N–C) groups is 1. The van der Waals surface area contributed by atoms with E-state index in [1.807, 2.05) is 12.1 Å². The third-order valence-corrected chi connectivity index (χ3v) is 5.26. The van der Waals surface area contributed by atoms with Crippen LogP contribution in [0.15, 0.2) is 71.9 Å². The highest BCUT2D eigenvalue weighted by atomic mass is 15.0. The summed E-state index contributed by atoms with van der Waals surface area (Å²) in [5.74, 6) is 0.636. The number of aromatic nitrogens is 1. The maximum Gasteiger partial charge on any atom is 0.132 e. The second-order valence-electron chi connectivity index (χ2n) is 6.61. The molecule has 3 aromatic carbocycles. The lowest BCUT2D eigenvalue weighted by molar-refractivity contribution is 0.585. The molecule has 25 heavy (non-hydrogen) atoms. The molecule has 1 unspecified atom stereocenters. The van der Waals surface area contributed by atoms with E-state index in [2.05, 4.69) is 71.2 Å². The Balaban J connectivity index is 1.78. The van der Waals surface area contributed by atoms with Gasteiger partial charge in [-0.1, -0.05) is 49.4 Å². The van der Waals surface area contributed by atoms with Crippen LogP contribution in [0.2, 0.25) is 0 Å². The highest BCUT2D eigenvalue weighted by molar-refractivity contribution is 6.19. The average molecular weight is 325 g/mol. The van der Waals surface area contributed by atoms with Crippen molar-refractivity contribution in [2.75, 3.05) is 0 Å². The highest BCUT2D eigenvalue weighted by Gasteiger charge is 2.24. The first-order valence-corrected chi connectivity index (χ1v) is 8.73. The number of hydrogen-bond donors (Lipinski definition) is 1. The molecule has 0 amide bonds. The standard InChI is InChI=1S/C22H19N3/c1-2-18(25-13-12-14-6-3-4-9-19(14)25)16-11-10-15-7-5-8-17-20(15)21(16)22(23)24-17/h3-13,18H,2H2,1H3,(H2,23,24). The number of nitrogens with zero attached hydrogens (tertiary/aromatic N) is 2. The number of fused-ring (bicyclic) bond motifs is 1. The fraction of sp³-hybridized carbons (Fsp3) is 0.136. The molecule has 0 saturated carbocycles. The molecule has 1 aromatic heterocycles. The third kappa shape index (κ3) is 1.96. The Labute approximate surface area is 146 Å². The molecule has 1 atom stereocenters. The number of benzene rings is 3. The van der Waals surface area contributed by atoms with Crippen LogP contribution in [-0.4, -0.2) is 10.4 Å². The summed E-state index contributed by atoms with van der Waals surface area (Å²) < 4.78 is 2.36. The van der Waals surface area contributed by atoms with E-state index in [0.717, 1.165) is 17.7 Å². The molecular formula is C22H19N3. The Morgan fingerprint density at radius 1 is 0.960 bits per heavy atom. The molecule has 3 nitrogen and oxygen atoms in total. The third-order valence-electron chi connectivity index (χ3n) is 5.26. The molecule has 0 aliphatic carbocycles. The Morgan fingerprint density at radius 3 is 2.68 bits per heavy atom. The van der Waals surface area contributed by atoms with Crippen LogP contribution in [0.4, 0.5) is 5.69 Å². The van der Waals surface area contributed by atoms with E-state index < -0.39 is 0 Å². The van der Waals surface area contributed by atoms with Crippen molar-refractivity contribution in [2.24, 2.45) is 10.7 Å². The predicted octanol–water partition coefficient (Wildman–Crippen LogP) is 5.14. The summed E-state index contributed by atoms with van der Waals surface area (Å²) in [5.41, 5.74) is 10.9. The molecule has 1 aliphatic heterocycles. The fourth-order valence-electron chi connectivity index (χ4n) is 4.15. The molecule has 122 valence electrons. The van der Waals surface area contributed by atoms with Crippen LogP contribution in [0.5, 0.6) is 0 Å². The van der Waals surface area contributed by atoms with E-state index in [-0.39, 0.29) is 6.04 Å². The lowest BCUT2D eigenvalue weighted by Crippen LogP contribution is -2.18. The molecule has 2 heterocycles. The lowest BCUT2D eigenvalue weighted by Gasteiger charge is -2.22. The topological polar surface area (TPSA) is 43.3 Å². The van der Waals surface area contributed by atoms with Crippen molar-refractivity contribution in [1.82, 2.24) is 4.57 Å². The zero-order valence-electron chi connectivity index (χ0n) is 14.1. The smallest absolute Gasteiger partial charge is 0.132 e. The van der Waals surface area contributed by atoms with Crippen molar-refractivity contribution < 1.29 is 0 Å². The van der Waals surface area contributed by atoms with Crippen LogP contribution in [0.25, 0.3) is 21.7 Å². The van der Waals surface area contributed by atoms with Gasteiger partial charge in [-0.3, -0.25) is 0 Å². The van der Waals surface area contributed by atoms with Crippen LogP contribution in [-0.2, 0) is 0 Å². The summed E-state index contributed by atoms with van der Waals surface area (Å²) in [7, 11) is 0. The Bertz CT molecular complexity index is 1150. The van der Waals surface area contributed by atoms with Gasteiger partial charge in [0.25, 0.3) is 0 Å². The number of amidine groups is 1. The zero-order valence-corrected chi connectivity index (χ0v) is 14.1. The van der Waals surface area contributed by atoms with Gasteiger partial charge in [0.1, 0.15) is 5.84 Å². The minimum atomic E-state index is 0.235. The lowest BCUT2D eigenvalue weighted by atomic mass is 9.93. The van der Waals surface area contributed by atoms with Gasteiger partial charge < -0.3 is 10.3 Å². The summed E-state index contributed by atoms with van der Waals surface area (Å²) in [6.07, 6.45) is 3.18. The maximum atomic E-state index is 6.34. The van der Waals surface area contributed by atoms with Crippen LogP contribution >= 0.6 is 0 Å². The predicted molar refractivity (Wildman–Crippen MR) is 105 cm³/mol. The highest BCUT2D eigenvalue weighted by Crippen LogP contribution is 2.40. The van der Waals surface area contributed by atoms with E-state index in [4.69, 9.17) is 5.73 Å². The molecule has 0 radical (unpaired) electrons. The molecule has 0 saturated heterocycles. The number of hydrogen-bond acceptors (Lipinski definition) is 2. The maximum absolute atomic E-state index is 6.34. The first kappa shape index (κ1) is 14.3. The van der Waals surface area contributed by atoms with E-state index in [1.54, 1.807) is 0 Å². The van der Waals surface area contributed by atoms with Gasteiger partial charge in [0.05, 0.1) is 11.7 Å². The molecule has 0 fully saturated rings. The number of rotatable bonds is 3. The normalized spacial score (nSPS) is 14.2. The van der Waals surface area contributed by atoms with Gasteiger partial charge in [-0.25, -0.2) is 4.99 Å². The van der Waals surface area contributed by atoms with Crippen LogP contribution < -0.4 is 5.73 Å². The van der Waals surface area contributed by atoms with Gasteiger partial charge >= 0.3 is 0 Å². The van der Waals surface area contributed by atoms with Crippen molar-refractivity contribution in [2.45, 2.75) is 19.4 Å². The molecule has 0 bridgehead atoms. The summed E-state index contributed by atoms with van der Waals surface area (Å²) in [6.45, 7) is 2.23. The first-order valence-electron chi connectivity index (χ1n) is 8.73. The van der Waals surface area contributed by atoms with Crippen LogP contribution in [0, 0.1) is 0 Å². The average Bonchev–Trinajstić information content (AvgIpc) is 3.21. The van der Waals surface area contributed by atoms with E-state index in [9.17, 15) is 0 Å². The number of para-hydroxylation sites is 1. The van der Waals surface area contributed by atoms with Gasteiger partial charge in [0.15, 0.2) is 0 Å². The van der Waals surface area contributed by atoms with Gasteiger partial charge in [-0.05, 0) is 41.0 Å². The summed E-state index contributed by atoms with van der Waals surface area (Å²) in [6, 6.07) is 21.6. The molecule has 5 rings (SSSR count). The van der Waals surface area contributed by atoms with Crippen LogP contribution in [0.1, 0.15) is 30.5 Å². The van der Waals surface area contributed by atoms with E-state index in [1.165, 1.54) is 27.2 Å². The number of nitrogens with two attached hydrogens (primary N) is 1. The van der Waals surface area contributed by atoms with Crippen molar-refractivity contribution in [1.29, 1.82) is 0 Å². The summed E-state index contributed by atoms with van der Waals surface area (Å²) in [5, 5.41) is 3.65. The zero-order chi connectivity index (χ0) is 17.0. The Morgan fingerprint density at radius 2 is 1.80 bits per heavy atom. The molecular weight excluding hydrogens is 306 g/mol. The largest absolute Gasteiger partial charge is 0.383 e. The molecule has 4 aromatic rings. The Hall–Kier alpha value is -3.07. The monoisotopic (exact) mass is 325 g/mol. The van der Waals surface area contributed by atoms with Crippen molar-refractivity contribution >= 4 is 33.2 Å². The molecule has 2 N–H and O–H groups in total. The van der Waals surface area contributed by atoms with Crippen molar-refractivity contribution in [3.8, 4) is 0 Å². The van der Waals surface area contributed by atoms with Gasteiger partial charge in [0, 0.05) is 22.7 Å². The van der Waals surface area contributed by atoms with Gasteiger partial charge in [-0.15, -0.1) is 0 Å². The SMILES string of the molecule is CCC(c1ccc2cccc3c2c1C(N)=N3)n1ccc2ccccc21. The van der Waals surface area contributed by atoms with Gasteiger partial charge in [0.2, 0.25) is 0 Å². The summed E-state index contributed by atoms with van der Waals surface area (Å²) >= 11 is 0. The fourth-order valence-corrected chi connectivity index (χ4v) is 4.15. The second-order valence-corrected chi connectivity index (χ2v) is 6.61. The van der Waals surface area contributed by atoms with Crippen molar-refractivity contribution in [3.05, 3.63) is 78.0 Å². The Kier molecular flexibility index (Phi) is 2.98. The summed E-state index contributed by atoms with van der Waals surface area (Å²) in [4.78, 5) is 4.60. The van der Waals surface area contributed by atoms with Crippen LogP contribution in [0.3, 0.4) is 0 Å². The van der Waals surface area contributed by atoms with Gasteiger partial charge in [-0.2, -0.15) is 0 Å². The van der Waals surface area contributed by atoms with Crippen molar-refractivity contribution in [3.63, 3.8) is 0 Å². The van der Waals surface area contributed by atoms with E-state index in [0.29, 0.717) is 5.84 Å². The molecule has 3 heteroatoms.